The zero-order chi connectivity index (χ0) is 14.1. The summed E-state index contributed by atoms with van der Waals surface area (Å²) in [7, 11) is 1.97. The molecule has 0 radical (unpaired) electrons. The van der Waals surface area contributed by atoms with Crippen molar-refractivity contribution >= 4 is 0 Å². The molecule has 2 atom stereocenters. The highest BCUT2D eigenvalue weighted by molar-refractivity contribution is 5.33. The molecule has 106 valence electrons. The number of rotatable bonds is 3. The Labute approximate surface area is 120 Å². The fourth-order valence-corrected chi connectivity index (χ4v) is 3.41. The van der Waals surface area contributed by atoms with Crippen molar-refractivity contribution in [3.8, 4) is 0 Å². The van der Waals surface area contributed by atoms with Crippen LogP contribution in [0.15, 0.2) is 30.5 Å². The summed E-state index contributed by atoms with van der Waals surface area (Å²) in [6.07, 6.45) is 6.69. The van der Waals surface area contributed by atoms with E-state index >= 15 is 0 Å². The smallest absolute Gasteiger partial charge is 0.0540 e. The maximum atomic E-state index is 6.44. The zero-order valence-electron chi connectivity index (χ0n) is 12.3. The lowest BCUT2D eigenvalue weighted by Crippen LogP contribution is -2.18. The first-order valence-electron chi connectivity index (χ1n) is 7.48. The van der Waals surface area contributed by atoms with Crippen molar-refractivity contribution in [1.29, 1.82) is 0 Å². The molecule has 0 spiro atoms. The molecule has 1 aromatic carbocycles. The third-order valence-electron chi connectivity index (χ3n) is 4.70. The number of nitrogens with zero attached hydrogens (tertiary/aromatic N) is 2. The highest BCUT2D eigenvalue weighted by Crippen LogP contribution is 2.37. The van der Waals surface area contributed by atoms with Crippen molar-refractivity contribution < 1.29 is 0 Å². The Bertz CT molecular complexity index is 600. The monoisotopic (exact) mass is 269 g/mol. The van der Waals surface area contributed by atoms with Gasteiger partial charge in [0, 0.05) is 24.3 Å². The Hall–Kier alpha value is -1.61. The van der Waals surface area contributed by atoms with E-state index in [0.29, 0.717) is 5.92 Å². The predicted octanol–water partition coefficient (Wildman–Crippen LogP) is 3.24. The summed E-state index contributed by atoms with van der Waals surface area (Å²) in [5, 5.41) is 4.31. The molecule has 3 rings (SSSR count). The van der Waals surface area contributed by atoms with Crippen LogP contribution < -0.4 is 5.73 Å². The molecule has 0 fully saturated rings. The van der Waals surface area contributed by atoms with Crippen molar-refractivity contribution in [2.45, 2.75) is 44.6 Å². The van der Waals surface area contributed by atoms with Crippen LogP contribution in [0.4, 0.5) is 0 Å². The van der Waals surface area contributed by atoms with Gasteiger partial charge in [0.1, 0.15) is 0 Å². The Morgan fingerprint density at radius 3 is 2.95 bits per heavy atom. The summed E-state index contributed by atoms with van der Waals surface area (Å²) in [6, 6.07) is 8.93. The predicted molar refractivity (Wildman–Crippen MR) is 81.6 cm³/mol. The maximum Gasteiger partial charge on any atom is 0.0540 e. The molecular weight excluding hydrogens is 246 g/mol. The standard InChI is InChI=1S/C17H23N3/c1-12-16(11-19-20(12)2)17(18)10-14-8-5-7-13-6-3-4-9-15(13)14/h3-4,6,9,11,14,17H,5,7-8,10,18H2,1-2H3. The third kappa shape index (κ3) is 2.38. The van der Waals surface area contributed by atoms with Gasteiger partial charge in [0.05, 0.1) is 6.20 Å². The molecule has 20 heavy (non-hydrogen) atoms. The molecule has 0 bridgehead atoms. The van der Waals surface area contributed by atoms with E-state index < -0.39 is 0 Å². The Morgan fingerprint density at radius 1 is 1.40 bits per heavy atom. The summed E-state index contributed by atoms with van der Waals surface area (Å²) >= 11 is 0. The second kappa shape index (κ2) is 5.41. The van der Waals surface area contributed by atoms with Gasteiger partial charge >= 0.3 is 0 Å². The van der Waals surface area contributed by atoms with E-state index in [1.54, 1.807) is 0 Å². The van der Waals surface area contributed by atoms with E-state index in [1.165, 1.54) is 41.6 Å². The normalized spacial score (nSPS) is 19.6. The van der Waals surface area contributed by atoms with Crippen LogP contribution in [0.2, 0.25) is 0 Å². The molecular formula is C17H23N3. The third-order valence-corrected chi connectivity index (χ3v) is 4.70. The molecule has 2 N–H and O–H groups in total. The van der Waals surface area contributed by atoms with Crippen molar-refractivity contribution in [2.75, 3.05) is 0 Å². The van der Waals surface area contributed by atoms with Gasteiger partial charge in [0.2, 0.25) is 0 Å². The lowest BCUT2D eigenvalue weighted by molar-refractivity contribution is 0.475. The van der Waals surface area contributed by atoms with Crippen LogP contribution >= 0.6 is 0 Å². The van der Waals surface area contributed by atoms with E-state index in [9.17, 15) is 0 Å². The lowest BCUT2D eigenvalue weighted by atomic mass is 9.79. The number of nitrogens with two attached hydrogens (primary N) is 1. The van der Waals surface area contributed by atoms with Gasteiger partial charge in [-0.05, 0) is 49.7 Å². The van der Waals surface area contributed by atoms with Gasteiger partial charge in [-0.1, -0.05) is 24.3 Å². The molecule has 0 saturated heterocycles. The number of aromatic nitrogens is 2. The number of hydrogen-bond acceptors (Lipinski definition) is 2. The van der Waals surface area contributed by atoms with Gasteiger partial charge in [0.25, 0.3) is 0 Å². The first-order valence-corrected chi connectivity index (χ1v) is 7.48. The molecule has 1 aromatic heterocycles. The first kappa shape index (κ1) is 13.4. The van der Waals surface area contributed by atoms with E-state index in [-0.39, 0.29) is 6.04 Å². The van der Waals surface area contributed by atoms with Crippen LogP contribution in [0, 0.1) is 6.92 Å². The van der Waals surface area contributed by atoms with E-state index in [0.717, 1.165) is 6.42 Å². The fourth-order valence-electron chi connectivity index (χ4n) is 3.41. The van der Waals surface area contributed by atoms with Crippen LogP contribution in [0.25, 0.3) is 0 Å². The quantitative estimate of drug-likeness (QED) is 0.929. The Kier molecular flexibility index (Phi) is 3.62. The average molecular weight is 269 g/mol. The van der Waals surface area contributed by atoms with E-state index in [1.807, 2.05) is 17.9 Å². The molecule has 0 saturated carbocycles. The number of fused-ring (bicyclic) bond motifs is 1. The number of aryl methyl sites for hydroxylation is 2. The van der Waals surface area contributed by atoms with E-state index in [4.69, 9.17) is 5.73 Å². The summed E-state index contributed by atoms with van der Waals surface area (Å²) in [4.78, 5) is 0. The molecule has 3 heteroatoms. The van der Waals surface area contributed by atoms with Crippen molar-refractivity contribution in [3.05, 3.63) is 52.8 Å². The minimum Gasteiger partial charge on any atom is -0.324 e. The van der Waals surface area contributed by atoms with Crippen LogP contribution in [0.5, 0.6) is 0 Å². The molecule has 2 aromatic rings. The molecule has 3 nitrogen and oxygen atoms in total. The van der Waals surface area contributed by atoms with Gasteiger partial charge in [0.15, 0.2) is 0 Å². The molecule has 2 unspecified atom stereocenters. The fraction of sp³-hybridized carbons (Fsp3) is 0.471. The van der Waals surface area contributed by atoms with Crippen molar-refractivity contribution in [2.24, 2.45) is 12.8 Å². The topological polar surface area (TPSA) is 43.8 Å². The SMILES string of the molecule is Cc1c(C(N)CC2CCCc3ccccc32)cnn1C. The van der Waals surface area contributed by atoms with Crippen LogP contribution in [0.3, 0.4) is 0 Å². The largest absolute Gasteiger partial charge is 0.324 e. The molecule has 1 aliphatic rings. The second-order valence-corrected chi connectivity index (χ2v) is 5.94. The van der Waals surface area contributed by atoms with Gasteiger partial charge < -0.3 is 5.73 Å². The van der Waals surface area contributed by atoms with Crippen molar-refractivity contribution in [3.63, 3.8) is 0 Å². The lowest BCUT2D eigenvalue weighted by Gasteiger charge is -2.27. The van der Waals surface area contributed by atoms with E-state index in [2.05, 4.69) is 36.3 Å². The Balaban J connectivity index is 1.80. The summed E-state index contributed by atoms with van der Waals surface area (Å²) in [6.45, 7) is 2.09. The zero-order valence-corrected chi connectivity index (χ0v) is 12.3. The minimum atomic E-state index is 0.0832. The maximum absolute atomic E-state index is 6.44. The summed E-state index contributed by atoms with van der Waals surface area (Å²) in [5.74, 6) is 0.592. The average Bonchev–Trinajstić information content (AvgIpc) is 2.79. The summed E-state index contributed by atoms with van der Waals surface area (Å²) < 4.78 is 1.91. The van der Waals surface area contributed by atoms with Gasteiger partial charge in [-0.25, -0.2) is 0 Å². The van der Waals surface area contributed by atoms with Crippen molar-refractivity contribution in [1.82, 2.24) is 9.78 Å². The molecule has 0 amide bonds. The van der Waals surface area contributed by atoms with Gasteiger partial charge in [-0.3, -0.25) is 4.68 Å². The van der Waals surface area contributed by atoms with Crippen LogP contribution in [-0.2, 0) is 13.5 Å². The highest BCUT2D eigenvalue weighted by Gasteiger charge is 2.23. The van der Waals surface area contributed by atoms with Gasteiger partial charge in [-0.2, -0.15) is 5.10 Å². The number of benzene rings is 1. The van der Waals surface area contributed by atoms with Crippen LogP contribution in [0.1, 0.15) is 53.6 Å². The second-order valence-electron chi connectivity index (χ2n) is 5.94. The Morgan fingerprint density at radius 2 is 2.20 bits per heavy atom. The van der Waals surface area contributed by atoms with Crippen LogP contribution in [-0.4, -0.2) is 9.78 Å². The number of hydrogen-bond donors (Lipinski definition) is 1. The minimum absolute atomic E-state index is 0.0832. The summed E-state index contributed by atoms with van der Waals surface area (Å²) in [5.41, 5.74) is 11.8. The molecule has 1 aliphatic carbocycles. The van der Waals surface area contributed by atoms with Gasteiger partial charge in [-0.15, -0.1) is 0 Å². The molecule has 1 heterocycles. The highest BCUT2D eigenvalue weighted by atomic mass is 15.3. The molecule has 0 aliphatic heterocycles. The first-order chi connectivity index (χ1) is 9.66.